The molecule has 1 atom stereocenters. The minimum atomic E-state index is -2.51. The van der Waals surface area contributed by atoms with E-state index in [1.807, 2.05) is 0 Å². The van der Waals surface area contributed by atoms with Crippen LogP contribution in [0, 0.1) is 5.92 Å². The fourth-order valence-corrected chi connectivity index (χ4v) is 1.27. The Kier molecular flexibility index (Phi) is 4.26. The molecular formula is C10H16O6. The number of esters is 2. The standard InChI is InChI=1S/C10H16O6/c1-7-5-15-8(11)3-2-4-10(13,14)9(12)16-6-7/h7,13-14H,2-6H2,1H3. The number of hydrogen-bond acceptors (Lipinski definition) is 6. The molecule has 1 aliphatic heterocycles. The van der Waals surface area contributed by atoms with Crippen LogP contribution in [-0.2, 0) is 19.1 Å². The van der Waals surface area contributed by atoms with Gasteiger partial charge in [0.25, 0.3) is 5.79 Å². The number of aliphatic hydroxyl groups is 2. The molecular weight excluding hydrogens is 216 g/mol. The first-order valence-electron chi connectivity index (χ1n) is 5.19. The van der Waals surface area contributed by atoms with Crippen LogP contribution in [0.1, 0.15) is 26.2 Å². The SMILES string of the molecule is CC1COC(=O)CCCC(O)(O)C(=O)OC1. The maximum absolute atomic E-state index is 11.2. The maximum Gasteiger partial charge on any atom is 0.366 e. The smallest absolute Gasteiger partial charge is 0.366 e. The van der Waals surface area contributed by atoms with Gasteiger partial charge in [-0.2, -0.15) is 0 Å². The van der Waals surface area contributed by atoms with Crippen LogP contribution in [0.15, 0.2) is 0 Å². The predicted octanol–water partition coefficient (Wildman–Crippen LogP) is -0.426. The highest BCUT2D eigenvalue weighted by Crippen LogP contribution is 2.15. The number of carbonyl (C=O) groups is 2. The second-order valence-electron chi connectivity index (χ2n) is 4.06. The Hall–Kier alpha value is -1.14. The maximum atomic E-state index is 11.2. The summed E-state index contributed by atoms with van der Waals surface area (Å²) in [6.45, 7) is 1.89. The molecule has 0 aliphatic carbocycles. The molecule has 1 unspecified atom stereocenters. The van der Waals surface area contributed by atoms with E-state index in [0.29, 0.717) is 0 Å². The fourth-order valence-electron chi connectivity index (χ4n) is 1.27. The first-order chi connectivity index (χ1) is 7.42. The number of hydrogen-bond donors (Lipinski definition) is 2. The highest BCUT2D eigenvalue weighted by Gasteiger charge is 2.35. The molecule has 0 amide bonds. The zero-order valence-corrected chi connectivity index (χ0v) is 9.14. The van der Waals surface area contributed by atoms with Crippen molar-refractivity contribution in [2.24, 2.45) is 5.92 Å². The van der Waals surface area contributed by atoms with Crippen LogP contribution in [0.2, 0.25) is 0 Å². The van der Waals surface area contributed by atoms with E-state index in [1.165, 1.54) is 0 Å². The van der Waals surface area contributed by atoms with E-state index >= 15 is 0 Å². The molecule has 0 spiro atoms. The van der Waals surface area contributed by atoms with Gasteiger partial charge in [0.05, 0.1) is 13.2 Å². The molecule has 0 saturated carbocycles. The summed E-state index contributed by atoms with van der Waals surface area (Å²) in [6.07, 6.45) is -0.0203. The van der Waals surface area contributed by atoms with Gasteiger partial charge in [-0.25, -0.2) is 4.79 Å². The second-order valence-corrected chi connectivity index (χ2v) is 4.06. The molecule has 6 nitrogen and oxygen atoms in total. The van der Waals surface area contributed by atoms with Crippen LogP contribution in [0.25, 0.3) is 0 Å². The van der Waals surface area contributed by atoms with Crippen molar-refractivity contribution in [1.82, 2.24) is 0 Å². The van der Waals surface area contributed by atoms with Crippen LogP contribution in [-0.4, -0.2) is 41.2 Å². The van der Waals surface area contributed by atoms with E-state index in [4.69, 9.17) is 9.47 Å². The highest BCUT2D eigenvalue weighted by atomic mass is 16.6. The van der Waals surface area contributed by atoms with Gasteiger partial charge in [0.15, 0.2) is 0 Å². The van der Waals surface area contributed by atoms with Gasteiger partial charge in [0, 0.05) is 18.8 Å². The summed E-state index contributed by atoms with van der Waals surface area (Å²) < 4.78 is 9.60. The van der Waals surface area contributed by atoms with Crippen molar-refractivity contribution in [3.63, 3.8) is 0 Å². The Morgan fingerprint density at radius 1 is 1.25 bits per heavy atom. The van der Waals surface area contributed by atoms with E-state index in [9.17, 15) is 19.8 Å². The summed E-state index contributed by atoms with van der Waals surface area (Å²) in [5.74, 6) is -4.16. The summed E-state index contributed by atoms with van der Waals surface area (Å²) in [6, 6.07) is 0. The van der Waals surface area contributed by atoms with Crippen molar-refractivity contribution in [2.75, 3.05) is 13.2 Å². The predicted molar refractivity (Wildman–Crippen MR) is 52.1 cm³/mol. The van der Waals surface area contributed by atoms with Crippen molar-refractivity contribution in [3.8, 4) is 0 Å². The van der Waals surface area contributed by atoms with Gasteiger partial charge < -0.3 is 19.7 Å². The Labute approximate surface area is 93.2 Å². The minimum absolute atomic E-state index is 0.00498. The van der Waals surface area contributed by atoms with Crippen LogP contribution >= 0.6 is 0 Å². The lowest BCUT2D eigenvalue weighted by atomic mass is 10.1. The molecule has 6 heteroatoms. The molecule has 0 aromatic heterocycles. The number of ether oxygens (including phenoxy) is 2. The Bertz CT molecular complexity index is 272. The second kappa shape index (κ2) is 5.27. The van der Waals surface area contributed by atoms with Gasteiger partial charge in [-0.05, 0) is 6.42 Å². The van der Waals surface area contributed by atoms with Crippen LogP contribution in [0.4, 0.5) is 0 Å². The third-order valence-electron chi connectivity index (χ3n) is 2.26. The number of rotatable bonds is 0. The van der Waals surface area contributed by atoms with Gasteiger partial charge in [-0.1, -0.05) is 6.92 Å². The Morgan fingerprint density at radius 2 is 1.88 bits per heavy atom. The molecule has 92 valence electrons. The molecule has 0 aromatic carbocycles. The number of cyclic esters (lactones) is 2. The Morgan fingerprint density at radius 3 is 2.56 bits per heavy atom. The van der Waals surface area contributed by atoms with Crippen LogP contribution in [0.3, 0.4) is 0 Å². The molecule has 1 aliphatic rings. The molecule has 1 saturated heterocycles. The number of carbonyl (C=O) groups excluding carboxylic acids is 2. The van der Waals surface area contributed by atoms with E-state index in [0.717, 1.165) is 0 Å². The molecule has 2 N–H and O–H groups in total. The lowest BCUT2D eigenvalue weighted by Crippen LogP contribution is -2.40. The molecule has 1 fully saturated rings. The van der Waals surface area contributed by atoms with Gasteiger partial charge >= 0.3 is 11.9 Å². The molecule has 16 heavy (non-hydrogen) atoms. The molecule has 1 heterocycles. The van der Waals surface area contributed by atoms with E-state index < -0.39 is 17.7 Å². The van der Waals surface area contributed by atoms with Crippen molar-refractivity contribution in [2.45, 2.75) is 32.0 Å². The van der Waals surface area contributed by atoms with Crippen molar-refractivity contribution in [1.29, 1.82) is 0 Å². The van der Waals surface area contributed by atoms with Crippen LogP contribution < -0.4 is 0 Å². The van der Waals surface area contributed by atoms with E-state index in [1.54, 1.807) is 6.92 Å². The van der Waals surface area contributed by atoms with Gasteiger partial charge in [0.2, 0.25) is 0 Å². The third kappa shape index (κ3) is 3.79. The van der Waals surface area contributed by atoms with Crippen molar-refractivity contribution in [3.05, 3.63) is 0 Å². The summed E-state index contributed by atoms with van der Waals surface area (Å²) in [7, 11) is 0. The first-order valence-corrected chi connectivity index (χ1v) is 5.19. The highest BCUT2D eigenvalue weighted by molar-refractivity contribution is 5.77. The monoisotopic (exact) mass is 232 g/mol. The summed E-state index contributed by atoms with van der Waals surface area (Å²) >= 11 is 0. The van der Waals surface area contributed by atoms with Crippen molar-refractivity contribution < 1.29 is 29.3 Å². The van der Waals surface area contributed by atoms with Gasteiger partial charge in [0.1, 0.15) is 0 Å². The zero-order valence-electron chi connectivity index (χ0n) is 9.14. The van der Waals surface area contributed by atoms with E-state index in [2.05, 4.69) is 0 Å². The summed E-state index contributed by atoms with van der Waals surface area (Å²) in [5, 5.41) is 18.7. The quantitative estimate of drug-likeness (QED) is 0.435. The lowest BCUT2D eigenvalue weighted by molar-refractivity contribution is -0.212. The average Bonchev–Trinajstić information content (AvgIpc) is 2.22. The normalized spacial score (nSPS) is 27.6. The summed E-state index contributed by atoms with van der Waals surface area (Å²) in [5.41, 5.74) is 0. The molecule has 0 radical (unpaired) electrons. The molecule has 1 rings (SSSR count). The van der Waals surface area contributed by atoms with Gasteiger partial charge in [-0.3, -0.25) is 4.79 Å². The Balaban J connectivity index is 2.64. The lowest BCUT2D eigenvalue weighted by Gasteiger charge is -2.19. The van der Waals surface area contributed by atoms with Crippen LogP contribution in [0.5, 0.6) is 0 Å². The minimum Gasteiger partial charge on any atom is -0.465 e. The van der Waals surface area contributed by atoms with Crippen molar-refractivity contribution >= 4 is 11.9 Å². The van der Waals surface area contributed by atoms with E-state index in [-0.39, 0.29) is 38.4 Å². The zero-order chi connectivity index (χ0) is 12.2. The fraction of sp³-hybridized carbons (Fsp3) is 0.800. The first kappa shape index (κ1) is 12.9. The molecule has 0 bridgehead atoms. The van der Waals surface area contributed by atoms with Gasteiger partial charge in [-0.15, -0.1) is 0 Å². The largest absolute Gasteiger partial charge is 0.465 e. The summed E-state index contributed by atoms with van der Waals surface area (Å²) in [4.78, 5) is 22.4. The third-order valence-corrected chi connectivity index (χ3v) is 2.26. The average molecular weight is 232 g/mol. The molecule has 0 aromatic rings. The topological polar surface area (TPSA) is 93.1 Å².